The summed E-state index contributed by atoms with van der Waals surface area (Å²) >= 11 is 1.65. The van der Waals surface area contributed by atoms with Crippen LogP contribution in [-0.2, 0) is 16.7 Å². The topological polar surface area (TPSA) is 61.1 Å². The van der Waals surface area contributed by atoms with Crippen LogP contribution in [0.2, 0.25) is 0 Å². The predicted molar refractivity (Wildman–Crippen MR) is 101 cm³/mol. The van der Waals surface area contributed by atoms with Gasteiger partial charge in [-0.1, -0.05) is 53.3 Å². The average molecular weight is 373 g/mol. The van der Waals surface area contributed by atoms with Crippen molar-refractivity contribution in [2.45, 2.75) is 19.9 Å². The van der Waals surface area contributed by atoms with Gasteiger partial charge in [-0.2, -0.15) is 4.57 Å². The number of aryl methyl sites for hydroxylation is 2. The van der Waals surface area contributed by atoms with Crippen LogP contribution in [-0.4, -0.2) is 18.7 Å². The predicted octanol–water partition coefficient (Wildman–Crippen LogP) is 3.60. The summed E-state index contributed by atoms with van der Waals surface area (Å²) in [6, 6.07) is 16.3. The molecule has 0 saturated heterocycles. The maximum Gasteiger partial charge on any atom is 0.262 e. The van der Waals surface area contributed by atoms with E-state index >= 15 is 0 Å². The van der Waals surface area contributed by atoms with Gasteiger partial charge in [0, 0.05) is 24.3 Å². The number of benzene rings is 2. The first-order valence-corrected chi connectivity index (χ1v) is 10.4. The van der Waals surface area contributed by atoms with E-state index in [-0.39, 0.29) is 5.75 Å². The molecule has 3 rings (SSSR count). The molecule has 0 aliphatic rings. The van der Waals surface area contributed by atoms with E-state index in [1.807, 2.05) is 36.4 Å². The number of fused-ring (bicyclic) bond motifs is 1. The van der Waals surface area contributed by atoms with Gasteiger partial charge < -0.3 is 4.55 Å². The molecule has 25 heavy (non-hydrogen) atoms. The zero-order valence-electron chi connectivity index (χ0n) is 13.9. The number of aromatic nitrogens is 1. The third-order valence-corrected chi connectivity index (χ3v) is 5.83. The summed E-state index contributed by atoms with van der Waals surface area (Å²) in [5.41, 5.74) is 3.38. The van der Waals surface area contributed by atoms with E-state index in [1.165, 1.54) is 5.56 Å². The van der Waals surface area contributed by atoms with Crippen LogP contribution in [0.5, 0.6) is 0 Å². The summed E-state index contributed by atoms with van der Waals surface area (Å²) in [7, 11) is -4.18. The third kappa shape index (κ3) is 4.75. The molecule has 0 spiro atoms. The first kappa shape index (κ1) is 17.8. The van der Waals surface area contributed by atoms with Crippen LogP contribution in [0.3, 0.4) is 0 Å². The summed E-state index contributed by atoms with van der Waals surface area (Å²) in [6.07, 6.45) is 4.40. The van der Waals surface area contributed by atoms with Gasteiger partial charge in [0.25, 0.3) is 5.01 Å². The number of thiazole rings is 1. The van der Waals surface area contributed by atoms with Crippen molar-refractivity contribution >= 4 is 43.8 Å². The number of nitrogens with zero attached hydrogens (tertiary/aromatic N) is 1. The molecule has 1 aromatic heterocycles. The molecule has 0 bridgehead atoms. The Morgan fingerprint density at radius 2 is 1.80 bits per heavy atom. The molecule has 0 aliphatic heterocycles. The second kappa shape index (κ2) is 7.47. The molecule has 0 aliphatic carbocycles. The van der Waals surface area contributed by atoms with Crippen molar-refractivity contribution in [2.24, 2.45) is 0 Å². The summed E-state index contributed by atoms with van der Waals surface area (Å²) in [5.74, 6) is -0.342. The minimum Gasteiger partial charge on any atom is -0.748 e. The van der Waals surface area contributed by atoms with E-state index in [0.717, 1.165) is 20.8 Å². The van der Waals surface area contributed by atoms with E-state index in [2.05, 4.69) is 35.8 Å². The van der Waals surface area contributed by atoms with E-state index < -0.39 is 10.1 Å². The molecular formula is C19H19NO3S2. The monoisotopic (exact) mass is 373 g/mol. The number of hydrogen-bond acceptors (Lipinski definition) is 4. The Morgan fingerprint density at radius 1 is 1.08 bits per heavy atom. The molecule has 130 valence electrons. The minimum absolute atomic E-state index is 0.308. The summed E-state index contributed by atoms with van der Waals surface area (Å²) in [5, 5.41) is 1.03. The first-order chi connectivity index (χ1) is 11.9. The lowest BCUT2D eigenvalue weighted by atomic mass is 10.1. The Balaban J connectivity index is 1.90. The van der Waals surface area contributed by atoms with Crippen molar-refractivity contribution in [3.8, 4) is 0 Å². The number of hydrogen-bond donors (Lipinski definition) is 0. The molecular weight excluding hydrogens is 354 g/mol. The highest BCUT2D eigenvalue weighted by molar-refractivity contribution is 7.85. The maximum absolute atomic E-state index is 10.9. The van der Waals surface area contributed by atoms with Crippen LogP contribution < -0.4 is 4.57 Å². The van der Waals surface area contributed by atoms with E-state index in [1.54, 1.807) is 11.3 Å². The molecule has 3 aromatic rings. The number of rotatable bonds is 6. The molecule has 0 unspecified atom stereocenters. The Bertz CT molecular complexity index is 1000. The van der Waals surface area contributed by atoms with Gasteiger partial charge in [0.05, 0.1) is 10.1 Å². The first-order valence-electron chi connectivity index (χ1n) is 8.02. The average Bonchev–Trinajstić information content (AvgIpc) is 2.91. The van der Waals surface area contributed by atoms with Gasteiger partial charge in [0.1, 0.15) is 4.70 Å². The highest BCUT2D eigenvalue weighted by Crippen LogP contribution is 2.22. The van der Waals surface area contributed by atoms with Crippen molar-refractivity contribution in [3.63, 3.8) is 0 Å². The summed E-state index contributed by atoms with van der Waals surface area (Å²) in [4.78, 5) is 0. The molecule has 1 heterocycles. The van der Waals surface area contributed by atoms with Crippen molar-refractivity contribution in [3.05, 3.63) is 64.7 Å². The second-order valence-corrected chi connectivity index (χ2v) is 8.50. The van der Waals surface area contributed by atoms with Gasteiger partial charge >= 0.3 is 0 Å². The molecule has 0 atom stereocenters. The minimum atomic E-state index is -4.18. The Morgan fingerprint density at radius 3 is 2.52 bits per heavy atom. The van der Waals surface area contributed by atoms with E-state index in [9.17, 15) is 13.0 Å². The Hall–Kier alpha value is -2.02. The zero-order valence-corrected chi connectivity index (χ0v) is 15.5. The van der Waals surface area contributed by atoms with Crippen LogP contribution in [0.1, 0.15) is 22.6 Å². The summed E-state index contributed by atoms with van der Waals surface area (Å²) < 4.78 is 35.8. The van der Waals surface area contributed by atoms with Crippen LogP contribution in [0.15, 0.2) is 48.5 Å². The van der Waals surface area contributed by atoms with Crippen molar-refractivity contribution in [1.82, 2.24) is 0 Å². The van der Waals surface area contributed by atoms with Crippen molar-refractivity contribution in [1.29, 1.82) is 0 Å². The fourth-order valence-corrected chi connectivity index (χ4v) is 4.23. The molecule has 0 radical (unpaired) electrons. The van der Waals surface area contributed by atoms with Crippen LogP contribution >= 0.6 is 11.3 Å². The highest BCUT2D eigenvalue weighted by atomic mass is 32.2. The lowest BCUT2D eigenvalue weighted by Crippen LogP contribution is -2.35. The maximum atomic E-state index is 10.9. The fourth-order valence-electron chi connectivity index (χ4n) is 2.65. The van der Waals surface area contributed by atoms with Gasteiger partial charge in [-0.25, -0.2) is 8.42 Å². The van der Waals surface area contributed by atoms with E-state index in [4.69, 9.17) is 0 Å². The standard InChI is InChI=1S/C19H19NO3S2/c1-15-7-9-16(10-8-15)11-12-19-20(13-4-14-25(21,22)23)17-5-2-3-6-18(17)24-19/h2-3,5-12H,4,13-14H2,1H3/b12-11+. The largest absolute Gasteiger partial charge is 0.748 e. The molecule has 0 fully saturated rings. The highest BCUT2D eigenvalue weighted by Gasteiger charge is 2.18. The van der Waals surface area contributed by atoms with Gasteiger partial charge in [0.2, 0.25) is 5.52 Å². The summed E-state index contributed by atoms with van der Waals surface area (Å²) in [6.45, 7) is 2.55. The van der Waals surface area contributed by atoms with Crippen molar-refractivity contribution < 1.29 is 17.5 Å². The molecule has 0 amide bonds. The lowest BCUT2D eigenvalue weighted by Gasteiger charge is -2.04. The molecule has 0 N–H and O–H groups in total. The van der Waals surface area contributed by atoms with Gasteiger partial charge in [-0.05, 0) is 24.6 Å². The zero-order chi connectivity index (χ0) is 17.9. The Labute approximate surface area is 151 Å². The van der Waals surface area contributed by atoms with Gasteiger partial charge in [-0.3, -0.25) is 0 Å². The van der Waals surface area contributed by atoms with Gasteiger partial charge in [-0.15, -0.1) is 0 Å². The fraction of sp³-hybridized carbons (Fsp3) is 0.211. The second-order valence-electron chi connectivity index (χ2n) is 5.92. The molecule has 4 nitrogen and oxygen atoms in total. The molecule has 6 heteroatoms. The van der Waals surface area contributed by atoms with Crippen LogP contribution in [0, 0.1) is 6.92 Å². The SMILES string of the molecule is Cc1ccc(/C=C/c2sc3ccccc3[n+]2CCCS(=O)(=O)[O-])cc1. The lowest BCUT2D eigenvalue weighted by molar-refractivity contribution is -0.668. The van der Waals surface area contributed by atoms with Crippen LogP contribution in [0.4, 0.5) is 0 Å². The molecule has 0 saturated carbocycles. The third-order valence-electron chi connectivity index (χ3n) is 3.91. The van der Waals surface area contributed by atoms with Crippen LogP contribution in [0.25, 0.3) is 22.4 Å². The normalized spacial score (nSPS) is 12.2. The quantitative estimate of drug-likeness (QED) is 0.490. The van der Waals surface area contributed by atoms with Crippen molar-refractivity contribution in [2.75, 3.05) is 5.75 Å². The van der Waals surface area contributed by atoms with Gasteiger partial charge in [0.15, 0.2) is 6.54 Å². The Kier molecular flexibility index (Phi) is 5.32. The number of para-hydroxylation sites is 1. The molecule has 2 aromatic carbocycles. The van der Waals surface area contributed by atoms with E-state index in [0.29, 0.717) is 13.0 Å². The smallest absolute Gasteiger partial charge is 0.262 e.